The Morgan fingerprint density at radius 2 is 1.71 bits per heavy atom. The van der Waals surface area contributed by atoms with Gasteiger partial charge in [-0.2, -0.15) is 0 Å². The molecule has 2 aromatic carbocycles. The van der Waals surface area contributed by atoms with E-state index in [-0.39, 0.29) is 6.61 Å². The maximum Gasteiger partial charge on any atom is 0.231 e. The molecule has 28 heavy (non-hydrogen) atoms. The molecule has 0 bridgehead atoms. The Balaban J connectivity index is 1.37. The molecule has 0 unspecified atom stereocenters. The van der Waals surface area contributed by atoms with Crippen LogP contribution >= 0.6 is 0 Å². The van der Waals surface area contributed by atoms with Gasteiger partial charge in [0, 0.05) is 20.1 Å². The Morgan fingerprint density at radius 3 is 2.43 bits per heavy atom. The predicted molar refractivity (Wildman–Crippen MR) is 110 cm³/mol. The summed E-state index contributed by atoms with van der Waals surface area (Å²) in [6.07, 6.45) is 6.95. The Hall–Kier alpha value is -3.33. The van der Waals surface area contributed by atoms with Crippen molar-refractivity contribution in [2.45, 2.75) is 12.8 Å². The van der Waals surface area contributed by atoms with E-state index in [1.807, 2.05) is 36.4 Å². The number of nitrogens with one attached hydrogen (secondary N) is 2. The minimum atomic E-state index is 0.287. The average Bonchev–Trinajstić information content (AvgIpc) is 3.20. The highest BCUT2D eigenvalue weighted by atomic mass is 16.7. The molecule has 0 aromatic heterocycles. The second kappa shape index (κ2) is 10.1. The monoisotopic (exact) mass is 379 g/mol. The second-order valence-electron chi connectivity index (χ2n) is 6.25. The molecule has 3 rings (SSSR count). The van der Waals surface area contributed by atoms with Crippen LogP contribution in [0.4, 0.5) is 0 Å². The number of aliphatic imine (C=N–C) groups is 1. The minimum Gasteiger partial charge on any atom is -0.481 e. The Kier molecular flexibility index (Phi) is 7.02. The summed E-state index contributed by atoms with van der Waals surface area (Å²) in [5.74, 6) is 5.66. The standard InChI is InChI=1S/C22H25N3O3/c1-3-14-26-19-7-4-17(5-8-19)10-12-24-22(23-2)25-13-11-18-6-9-20-21(15-18)28-16-27-20/h1,4-9,15H,10-14,16H2,2H3,(H2,23,24,25). The molecule has 0 radical (unpaired) electrons. The van der Waals surface area contributed by atoms with Crippen LogP contribution in [0.15, 0.2) is 47.5 Å². The normalized spacial score (nSPS) is 12.4. The SMILES string of the molecule is C#CCOc1ccc(CCNC(=NC)NCCc2ccc3c(c2)OCO3)cc1. The van der Waals surface area contributed by atoms with Gasteiger partial charge in [-0.15, -0.1) is 6.42 Å². The van der Waals surface area contributed by atoms with Crippen LogP contribution < -0.4 is 24.8 Å². The summed E-state index contributed by atoms with van der Waals surface area (Å²) in [7, 11) is 1.77. The van der Waals surface area contributed by atoms with Crippen LogP contribution in [0.3, 0.4) is 0 Å². The first-order chi connectivity index (χ1) is 13.8. The Bertz CT molecular complexity index is 841. The van der Waals surface area contributed by atoms with E-state index in [1.54, 1.807) is 7.05 Å². The highest BCUT2D eigenvalue weighted by Gasteiger charge is 2.12. The molecule has 0 spiro atoms. The highest BCUT2D eigenvalue weighted by Crippen LogP contribution is 2.32. The fourth-order valence-electron chi connectivity index (χ4n) is 2.84. The summed E-state index contributed by atoms with van der Waals surface area (Å²) >= 11 is 0. The van der Waals surface area contributed by atoms with Crippen LogP contribution in [0.5, 0.6) is 17.2 Å². The van der Waals surface area contributed by atoms with E-state index in [1.165, 1.54) is 11.1 Å². The van der Waals surface area contributed by atoms with E-state index in [9.17, 15) is 0 Å². The molecule has 0 saturated carbocycles. The molecule has 0 saturated heterocycles. The fraction of sp³-hybridized carbons (Fsp3) is 0.318. The van der Waals surface area contributed by atoms with Crippen molar-refractivity contribution >= 4 is 5.96 Å². The lowest BCUT2D eigenvalue weighted by molar-refractivity contribution is 0.174. The summed E-state index contributed by atoms with van der Waals surface area (Å²) < 4.78 is 16.1. The zero-order chi connectivity index (χ0) is 19.6. The molecule has 1 heterocycles. The van der Waals surface area contributed by atoms with Crippen molar-refractivity contribution in [3.05, 3.63) is 53.6 Å². The molecule has 146 valence electrons. The zero-order valence-electron chi connectivity index (χ0n) is 16.0. The number of terminal acetylenes is 1. The third-order valence-electron chi connectivity index (χ3n) is 4.32. The maximum absolute atomic E-state index is 5.41. The fourth-order valence-corrected chi connectivity index (χ4v) is 2.84. The summed E-state index contributed by atoms with van der Waals surface area (Å²) in [5, 5.41) is 6.66. The number of hydrogen-bond donors (Lipinski definition) is 2. The van der Waals surface area contributed by atoms with Crippen molar-refractivity contribution in [1.29, 1.82) is 0 Å². The smallest absolute Gasteiger partial charge is 0.231 e. The highest BCUT2D eigenvalue weighted by molar-refractivity contribution is 5.79. The molecule has 0 aliphatic carbocycles. The number of rotatable bonds is 8. The van der Waals surface area contributed by atoms with E-state index in [4.69, 9.17) is 20.6 Å². The lowest BCUT2D eigenvalue weighted by Gasteiger charge is -2.12. The van der Waals surface area contributed by atoms with Crippen molar-refractivity contribution < 1.29 is 14.2 Å². The van der Waals surface area contributed by atoms with Crippen LogP contribution in [0.2, 0.25) is 0 Å². The Morgan fingerprint density at radius 1 is 1.04 bits per heavy atom. The molecule has 0 atom stereocenters. The maximum atomic E-state index is 5.41. The number of nitrogens with zero attached hydrogens (tertiary/aromatic N) is 1. The first-order valence-electron chi connectivity index (χ1n) is 9.27. The first-order valence-corrected chi connectivity index (χ1v) is 9.27. The van der Waals surface area contributed by atoms with Crippen molar-refractivity contribution in [3.8, 4) is 29.6 Å². The van der Waals surface area contributed by atoms with Gasteiger partial charge in [-0.25, -0.2) is 0 Å². The summed E-state index contributed by atoms with van der Waals surface area (Å²) in [5.41, 5.74) is 2.41. The first kappa shape index (κ1) is 19.4. The molecule has 2 aromatic rings. The quantitative estimate of drug-likeness (QED) is 0.419. The van der Waals surface area contributed by atoms with Gasteiger partial charge in [-0.3, -0.25) is 4.99 Å². The van der Waals surface area contributed by atoms with E-state index in [0.717, 1.165) is 49.1 Å². The van der Waals surface area contributed by atoms with Gasteiger partial charge in [0.2, 0.25) is 6.79 Å². The topological polar surface area (TPSA) is 64.1 Å². The summed E-state index contributed by atoms with van der Waals surface area (Å²) in [6.45, 7) is 2.15. The van der Waals surface area contributed by atoms with Gasteiger partial charge in [-0.1, -0.05) is 24.1 Å². The Labute approximate surface area is 165 Å². The average molecular weight is 379 g/mol. The molecule has 0 fully saturated rings. The second-order valence-corrected chi connectivity index (χ2v) is 6.25. The van der Waals surface area contributed by atoms with Crippen LogP contribution in [0.25, 0.3) is 0 Å². The van der Waals surface area contributed by atoms with E-state index in [2.05, 4.69) is 27.6 Å². The third kappa shape index (κ3) is 5.58. The van der Waals surface area contributed by atoms with Gasteiger partial charge in [0.25, 0.3) is 0 Å². The van der Waals surface area contributed by atoms with Crippen LogP contribution in [0, 0.1) is 12.3 Å². The van der Waals surface area contributed by atoms with Crippen LogP contribution in [-0.4, -0.2) is 39.5 Å². The zero-order valence-corrected chi connectivity index (χ0v) is 16.0. The summed E-state index contributed by atoms with van der Waals surface area (Å²) in [4.78, 5) is 4.27. The number of benzene rings is 2. The van der Waals surface area contributed by atoms with E-state index < -0.39 is 0 Å². The van der Waals surface area contributed by atoms with E-state index in [0.29, 0.717) is 6.79 Å². The molecular formula is C22H25N3O3. The van der Waals surface area contributed by atoms with Gasteiger partial charge in [0.15, 0.2) is 17.5 Å². The van der Waals surface area contributed by atoms with E-state index >= 15 is 0 Å². The molecule has 1 aliphatic rings. The molecular weight excluding hydrogens is 354 g/mol. The molecule has 6 nitrogen and oxygen atoms in total. The number of fused-ring (bicyclic) bond motifs is 1. The van der Waals surface area contributed by atoms with Crippen LogP contribution in [0.1, 0.15) is 11.1 Å². The van der Waals surface area contributed by atoms with Crippen molar-refractivity contribution in [2.24, 2.45) is 4.99 Å². The van der Waals surface area contributed by atoms with Crippen molar-refractivity contribution in [3.63, 3.8) is 0 Å². The van der Waals surface area contributed by atoms with Gasteiger partial charge >= 0.3 is 0 Å². The number of guanidine groups is 1. The van der Waals surface area contributed by atoms with Crippen molar-refractivity contribution in [1.82, 2.24) is 10.6 Å². The third-order valence-corrected chi connectivity index (χ3v) is 4.32. The number of ether oxygens (including phenoxy) is 3. The van der Waals surface area contributed by atoms with Crippen molar-refractivity contribution in [2.75, 3.05) is 33.5 Å². The number of hydrogen-bond acceptors (Lipinski definition) is 4. The van der Waals surface area contributed by atoms with Gasteiger partial charge < -0.3 is 24.8 Å². The van der Waals surface area contributed by atoms with Gasteiger partial charge in [0.1, 0.15) is 12.4 Å². The van der Waals surface area contributed by atoms with Gasteiger partial charge in [0.05, 0.1) is 0 Å². The molecule has 2 N–H and O–H groups in total. The molecule has 0 amide bonds. The minimum absolute atomic E-state index is 0.287. The lowest BCUT2D eigenvalue weighted by atomic mass is 10.1. The largest absolute Gasteiger partial charge is 0.481 e. The van der Waals surface area contributed by atoms with Crippen LogP contribution in [-0.2, 0) is 12.8 Å². The van der Waals surface area contributed by atoms with Gasteiger partial charge in [-0.05, 0) is 48.2 Å². The lowest BCUT2D eigenvalue weighted by Crippen LogP contribution is -2.39. The molecule has 6 heteroatoms. The predicted octanol–water partition coefficient (Wildman–Crippen LogP) is 2.38. The molecule has 1 aliphatic heterocycles. The summed E-state index contributed by atoms with van der Waals surface area (Å²) in [6, 6.07) is 14.0.